The zero-order valence-electron chi connectivity index (χ0n) is 10.3. The smallest absolute Gasteiger partial charge is 0.337 e. The number of carbonyl (C=O) groups excluding carboxylic acids is 1. The Kier molecular flexibility index (Phi) is 5.29. The predicted molar refractivity (Wildman–Crippen MR) is 63.8 cm³/mol. The summed E-state index contributed by atoms with van der Waals surface area (Å²) in [4.78, 5) is 11.3. The number of carbonyl (C=O) groups is 1. The Balaban J connectivity index is 2.81. The van der Waals surface area contributed by atoms with E-state index < -0.39 is 5.97 Å². The van der Waals surface area contributed by atoms with Crippen molar-refractivity contribution >= 4 is 5.97 Å². The summed E-state index contributed by atoms with van der Waals surface area (Å²) in [5, 5.41) is 2.97. The fourth-order valence-corrected chi connectivity index (χ4v) is 1.29. The van der Waals surface area contributed by atoms with Crippen LogP contribution in [0, 0.1) is 0 Å². The van der Waals surface area contributed by atoms with Crippen molar-refractivity contribution < 1.29 is 19.0 Å². The monoisotopic (exact) mass is 239 g/mol. The Labute approximate surface area is 101 Å². The maximum Gasteiger partial charge on any atom is 0.337 e. The number of nitrogens with one attached hydrogen (secondary N) is 1. The van der Waals surface area contributed by atoms with Crippen LogP contribution in [0.4, 0.5) is 0 Å². The van der Waals surface area contributed by atoms with Gasteiger partial charge in [0.15, 0.2) is 11.5 Å². The molecule has 1 N–H and O–H groups in total. The number of hydrogen-bond donors (Lipinski definition) is 1. The Morgan fingerprint density at radius 2 is 2.06 bits per heavy atom. The number of esters is 1. The summed E-state index contributed by atoms with van der Waals surface area (Å²) in [6.45, 7) is 1.27. The van der Waals surface area contributed by atoms with E-state index in [1.54, 1.807) is 18.2 Å². The van der Waals surface area contributed by atoms with Crippen LogP contribution in [-0.4, -0.2) is 40.4 Å². The van der Waals surface area contributed by atoms with Crippen LogP contribution in [-0.2, 0) is 4.74 Å². The molecular formula is C12H17NO4. The molecule has 0 bridgehead atoms. The first-order chi connectivity index (χ1) is 8.22. The minimum absolute atomic E-state index is 0.398. The molecule has 94 valence electrons. The van der Waals surface area contributed by atoms with E-state index >= 15 is 0 Å². The maximum atomic E-state index is 11.3. The average Bonchev–Trinajstić information content (AvgIpc) is 2.38. The minimum Gasteiger partial charge on any atom is -0.493 e. The van der Waals surface area contributed by atoms with Gasteiger partial charge in [-0.3, -0.25) is 0 Å². The van der Waals surface area contributed by atoms with E-state index in [9.17, 15) is 4.79 Å². The van der Waals surface area contributed by atoms with Gasteiger partial charge in [0.05, 0.1) is 19.8 Å². The summed E-state index contributed by atoms with van der Waals surface area (Å²) in [5.74, 6) is 0.726. The summed E-state index contributed by atoms with van der Waals surface area (Å²) >= 11 is 0. The molecule has 0 spiro atoms. The zero-order chi connectivity index (χ0) is 12.7. The van der Waals surface area contributed by atoms with Gasteiger partial charge in [0.1, 0.15) is 6.61 Å². The predicted octanol–water partition coefficient (Wildman–Crippen LogP) is 1.08. The van der Waals surface area contributed by atoms with Gasteiger partial charge in [-0.2, -0.15) is 0 Å². The maximum absolute atomic E-state index is 11.3. The number of rotatable bonds is 6. The van der Waals surface area contributed by atoms with Crippen LogP contribution in [0.1, 0.15) is 10.4 Å². The lowest BCUT2D eigenvalue weighted by atomic mass is 10.2. The Morgan fingerprint density at radius 3 is 2.65 bits per heavy atom. The van der Waals surface area contributed by atoms with Crippen LogP contribution in [0.5, 0.6) is 11.5 Å². The molecule has 0 radical (unpaired) electrons. The van der Waals surface area contributed by atoms with Crippen molar-refractivity contribution in [3.8, 4) is 11.5 Å². The third-order valence-electron chi connectivity index (χ3n) is 2.19. The molecule has 0 fully saturated rings. The zero-order valence-corrected chi connectivity index (χ0v) is 10.3. The summed E-state index contributed by atoms with van der Waals surface area (Å²) in [7, 11) is 4.72. The molecule has 0 amide bonds. The van der Waals surface area contributed by atoms with Gasteiger partial charge in [-0.25, -0.2) is 4.79 Å². The van der Waals surface area contributed by atoms with Crippen molar-refractivity contribution in [2.75, 3.05) is 34.4 Å². The standard InChI is InChI=1S/C12H17NO4/c1-13-6-7-17-10-5-4-9(12(14)16-3)8-11(10)15-2/h4-5,8,13H,6-7H2,1-3H3. The topological polar surface area (TPSA) is 56.8 Å². The normalized spacial score (nSPS) is 9.82. The van der Waals surface area contributed by atoms with Crippen molar-refractivity contribution in [3.05, 3.63) is 23.8 Å². The molecule has 0 saturated heterocycles. The molecule has 5 heteroatoms. The molecule has 1 aromatic rings. The van der Waals surface area contributed by atoms with Gasteiger partial charge in [-0.15, -0.1) is 0 Å². The number of likely N-dealkylation sites (N-methyl/N-ethyl adjacent to an activating group) is 1. The van der Waals surface area contributed by atoms with E-state index in [1.807, 2.05) is 7.05 Å². The Hall–Kier alpha value is -1.75. The van der Waals surface area contributed by atoms with Crippen LogP contribution in [0.25, 0.3) is 0 Å². The van der Waals surface area contributed by atoms with E-state index in [2.05, 4.69) is 10.1 Å². The summed E-state index contributed by atoms with van der Waals surface area (Å²) in [6, 6.07) is 4.93. The van der Waals surface area contributed by atoms with E-state index in [4.69, 9.17) is 9.47 Å². The first kappa shape index (κ1) is 13.3. The van der Waals surface area contributed by atoms with Gasteiger partial charge in [-0.1, -0.05) is 0 Å². The molecule has 0 aliphatic heterocycles. The number of methoxy groups -OCH3 is 2. The molecular weight excluding hydrogens is 222 g/mol. The van der Waals surface area contributed by atoms with Gasteiger partial charge >= 0.3 is 5.97 Å². The SMILES string of the molecule is CNCCOc1ccc(C(=O)OC)cc1OC. The van der Waals surface area contributed by atoms with Gasteiger partial charge in [0.25, 0.3) is 0 Å². The quantitative estimate of drug-likeness (QED) is 0.594. The van der Waals surface area contributed by atoms with E-state index in [0.717, 1.165) is 6.54 Å². The molecule has 0 aliphatic rings. The molecule has 5 nitrogen and oxygen atoms in total. The van der Waals surface area contributed by atoms with Crippen LogP contribution < -0.4 is 14.8 Å². The van der Waals surface area contributed by atoms with Crippen molar-refractivity contribution in [1.29, 1.82) is 0 Å². The van der Waals surface area contributed by atoms with Gasteiger partial charge in [-0.05, 0) is 25.2 Å². The Bertz CT molecular complexity index is 379. The van der Waals surface area contributed by atoms with Gasteiger partial charge in [0.2, 0.25) is 0 Å². The second-order valence-electron chi connectivity index (χ2n) is 3.31. The second-order valence-corrected chi connectivity index (χ2v) is 3.31. The van der Waals surface area contributed by atoms with Crippen LogP contribution >= 0.6 is 0 Å². The van der Waals surface area contributed by atoms with E-state index in [1.165, 1.54) is 14.2 Å². The van der Waals surface area contributed by atoms with Crippen molar-refractivity contribution in [3.63, 3.8) is 0 Å². The summed E-state index contributed by atoms with van der Waals surface area (Å²) in [6.07, 6.45) is 0. The number of ether oxygens (including phenoxy) is 3. The highest BCUT2D eigenvalue weighted by atomic mass is 16.5. The largest absolute Gasteiger partial charge is 0.493 e. The molecule has 0 aliphatic carbocycles. The first-order valence-electron chi connectivity index (χ1n) is 5.26. The van der Waals surface area contributed by atoms with E-state index in [0.29, 0.717) is 23.7 Å². The third-order valence-corrected chi connectivity index (χ3v) is 2.19. The van der Waals surface area contributed by atoms with Gasteiger partial charge in [0, 0.05) is 6.54 Å². The second kappa shape index (κ2) is 6.75. The average molecular weight is 239 g/mol. The highest BCUT2D eigenvalue weighted by Gasteiger charge is 2.10. The molecule has 0 aromatic heterocycles. The summed E-state index contributed by atoms with van der Waals surface area (Å²) < 4.78 is 15.3. The highest BCUT2D eigenvalue weighted by Crippen LogP contribution is 2.28. The molecule has 0 saturated carbocycles. The number of benzene rings is 1. The lowest BCUT2D eigenvalue weighted by Crippen LogP contribution is -2.16. The highest BCUT2D eigenvalue weighted by molar-refractivity contribution is 5.90. The first-order valence-corrected chi connectivity index (χ1v) is 5.26. The van der Waals surface area contributed by atoms with Crippen molar-refractivity contribution in [2.45, 2.75) is 0 Å². The molecule has 1 aromatic carbocycles. The van der Waals surface area contributed by atoms with Gasteiger partial charge < -0.3 is 19.5 Å². The lowest BCUT2D eigenvalue weighted by Gasteiger charge is -2.11. The van der Waals surface area contributed by atoms with Crippen LogP contribution in [0.3, 0.4) is 0 Å². The molecule has 1 rings (SSSR count). The van der Waals surface area contributed by atoms with Crippen molar-refractivity contribution in [2.24, 2.45) is 0 Å². The fraction of sp³-hybridized carbons (Fsp3) is 0.417. The van der Waals surface area contributed by atoms with E-state index in [-0.39, 0.29) is 0 Å². The van der Waals surface area contributed by atoms with Crippen molar-refractivity contribution in [1.82, 2.24) is 5.32 Å². The minimum atomic E-state index is -0.398. The molecule has 0 heterocycles. The Morgan fingerprint density at radius 1 is 1.29 bits per heavy atom. The third kappa shape index (κ3) is 3.64. The molecule has 0 atom stereocenters. The molecule has 17 heavy (non-hydrogen) atoms. The summed E-state index contributed by atoms with van der Waals surface area (Å²) in [5.41, 5.74) is 0.435. The lowest BCUT2D eigenvalue weighted by molar-refractivity contribution is 0.0600. The molecule has 0 unspecified atom stereocenters. The van der Waals surface area contributed by atoms with Crippen LogP contribution in [0.2, 0.25) is 0 Å². The van der Waals surface area contributed by atoms with Crippen LogP contribution in [0.15, 0.2) is 18.2 Å². The fourth-order valence-electron chi connectivity index (χ4n) is 1.29. The number of hydrogen-bond acceptors (Lipinski definition) is 5.